The second-order valence-electron chi connectivity index (χ2n) is 9.25. The van der Waals surface area contributed by atoms with E-state index in [9.17, 15) is 31.5 Å². The van der Waals surface area contributed by atoms with E-state index in [-0.39, 0.29) is 27.5 Å². The van der Waals surface area contributed by atoms with E-state index in [0.29, 0.717) is 11.3 Å². The first-order chi connectivity index (χ1) is 17.4. The average Bonchev–Trinajstić information content (AvgIpc) is 2.85. The van der Waals surface area contributed by atoms with Crippen LogP contribution in [-0.4, -0.2) is 12.5 Å². The number of hydrogen-bond donors (Lipinski definition) is 1. The lowest BCUT2D eigenvalue weighted by Crippen LogP contribution is -2.21. The number of anilines is 1. The normalized spacial score (nSPS) is 11.6. The monoisotopic (exact) mass is 517 g/mol. The predicted octanol–water partition coefficient (Wildman–Crippen LogP) is 6.47. The van der Waals surface area contributed by atoms with Crippen LogP contribution in [-0.2, 0) is 10.2 Å². The molecule has 0 saturated heterocycles. The summed E-state index contributed by atoms with van der Waals surface area (Å²) >= 11 is 0. The number of benzene rings is 3. The number of nitrogens with one attached hydrogen (secondary N) is 1. The van der Waals surface area contributed by atoms with E-state index in [1.807, 2.05) is 24.3 Å². The minimum absolute atomic E-state index is 0.0594. The van der Waals surface area contributed by atoms with Crippen molar-refractivity contribution in [2.24, 2.45) is 0 Å². The first kappa shape index (κ1) is 25.9. The first-order valence-corrected chi connectivity index (χ1v) is 11.0. The molecule has 0 aliphatic heterocycles. The summed E-state index contributed by atoms with van der Waals surface area (Å²) in [7, 11) is 0. The zero-order valence-corrected chi connectivity index (χ0v) is 19.8. The zero-order valence-electron chi connectivity index (χ0n) is 19.8. The van der Waals surface area contributed by atoms with E-state index >= 15 is 0 Å². The van der Waals surface area contributed by atoms with Gasteiger partial charge in [0.1, 0.15) is 11.3 Å². The van der Waals surface area contributed by atoms with Gasteiger partial charge in [0, 0.05) is 23.4 Å². The summed E-state index contributed by atoms with van der Waals surface area (Å²) in [5.41, 5.74) is 1.68. The van der Waals surface area contributed by atoms with Crippen LogP contribution in [0, 0.1) is 29.1 Å². The summed E-state index contributed by atoms with van der Waals surface area (Å²) in [4.78, 5) is 24.8. The maximum absolute atomic E-state index is 13.7. The maximum atomic E-state index is 13.7. The molecule has 10 heteroatoms. The molecular weight excluding hydrogens is 497 g/mol. The van der Waals surface area contributed by atoms with E-state index in [1.165, 1.54) is 24.3 Å². The molecule has 0 atom stereocenters. The molecule has 0 aliphatic carbocycles. The third kappa shape index (κ3) is 5.18. The molecule has 3 aromatic carbocycles. The van der Waals surface area contributed by atoms with Gasteiger partial charge in [0.15, 0.2) is 17.8 Å². The maximum Gasteiger partial charge on any atom is 0.262 e. The highest BCUT2D eigenvalue weighted by atomic mass is 19.2. The van der Waals surface area contributed by atoms with E-state index in [1.54, 1.807) is 0 Å². The van der Waals surface area contributed by atoms with Crippen molar-refractivity contribution in [3.63, 3.8) is 0 Å². The Labute approximate surface area is 207 Å². The fourth-order valence-electron chi connectivity index (χ4n) is 3.56. The molecular formula is C27H20F5NO4. The van der Waals surface area contributed by atoms with Gasteiger partial charge in [0.25, 0.3) is 5.91 Å². The Bertz CT molecular complexity index is 1540. The van der Waals surface area contributed by atoms with Gasteiger partial charge in [-0.15, -0.1) is 0 Å². The van der Waals surface area contributed by atoms with Gasteiger partial charge >= 0.3 is 0 Å². The Morgan fingerprint density at radius 3 is 2.05 bits per heavy atom. The Morgan fingerprint density at radius 1 is 0.865 bits per heavy atom. The van der Waals surface area contributed by atoms with Crippen LogP contribution in [0.25, 0.3) is 22.3 Å². The van der Waals surface area contributed by atoms with Gasteiger partial charge in [0.2, 0.25) is 29.1 Å². The van der Waals surface area contributed by atoms with E-state index < -0.39 is 47.3 Å². The third-order valence-electron chi connectivity index (χ3n) is 5.57. The molecule has 37 heavy (non-hydrogen) atoms. The van der Waals surface area contributed by atoms with E-state index in [2.05, 4.69) is 30.8 Å². The minimum Gasteiger partial charge on any atom is -0.477 e. The van der Waals surface area contributed by atoms with Crippen LogP contribution < -0.4 is 15.5 Å². The quantitative estimate of drug-likeness (QED) is 0.187. The molecule has 0 unspecified atom stereocenters. The number of ether oxygens (including phenoxy) is 1. The van der Waals surface area contributed by atoms with Gasteiger partial charge in [-0.25, -0.2) is 13.2 Å². The molecule has 4 rings (SSSR count). The van der Waals surface area contributed by atoms with Crippen LogP contribution in [0.4, 0.5) is 27.6 Å². The van der Waals surface area contributed by atoms with Gasteiger partial charge < -0.3 is 14.5 Å². The highest BCUT2D eigenvalue weighted by Gasteiger charge is 2.27. The second-order valence-corrected chi connectivity index (χ2v) is 9.25. The van der Waals surface area contributed by atoms with Crippen molar-refractivity contribution in [2.45, 2.75) is 26.2 Å². The number of hydrogen-bond acceptors (Lipinski definition) is 4. The molecule has 192 valence electrons. The number of carbonyl (C=O) groups is 1. The van der Waals surface area contributed by atoms with Gasteiger partial charge in [0.05, 0.1) is 5.39 Å². The molecule has 1 aromatic heterocycles. The predicted molar refractivity (Wildman–Crippen MR) is 127 cm³/mol. The van der Waals surface area contributed by atoms with E-state index in [4.69, 9.17) is 4.42 Å². The first-order valence-electron chi connectivity index (χ1n) is 11.0. The molecule has 0 aliphatic rings. The fourth-order valence-corrected chi connectivity index (χ4v) is 3.56. The topological polar surface area (TPSA) is 68.5 Å². The summed E-state index contributed by atoms with van der Waals surface area (Å²) in [6.07, 6.45) is 0. The molecule has 0 fully saturated rings. The molecule has 1 heterocycles. The second kappa shape index (κ2) is 9.68. The van der Waals surface area contributed by atoms with Gasteiger partial charge in [-0.1, -0.05) is 45.0 Å². The minimum atomic E-state index is -2.34. The van der Waals surface area contributed by atoms with Crippen LogP contribution in [0.2, 0.25) is 0 Å². The Kier molecular flexibility index (Phi) is 6.77. The molecule has 5 nitrogen and oxygen atoms in total. The summed E-state index contributed by atoms with van der Waals surface area (Å²) < 4.78 is 77.6. The highest BCUT2D eigenvalue weighted by Crippen LogP contribution is 2.30. The number of carbonyl (C=O) groups excluding carboxylic acids is 1. The summed E-state index contributed by atoms with van der Waals surface area (Å²) in [5, 5.41) is 2.60. The SMILES string of the molecule is CC(C)(C)c1ccc(-c2cc(=O)c3ccc(NC(=O)COc4c(F)c(F)c(F)c(F)c4F)cc3o2)cc1. The Hall–Kier alpha value is -4.21. The lowest BCUT2D eigenvalue weighted by Gasteiger charge is -2.19. The van der Waals surface area contributed by atoms with Crippen LogP contribution in [0.1, 0.15) is 26.3 Å². The molecule has 1 N–H and O–H groups in total. The summed E-state index contributed by atoms with van der Waals surface area (Å²) in [6.45, 7) is 5.16. The van der Waals surface area contributed by atoms with Crippen molar-refractivity contribution in [1.29, 1.82) is 0 Å². The summed E-state index contributed by atoms with van der Waals surface area (Å²) in [5.74, 6) is -13.3. The van der Waals surface area contributed by atoms with Gasteiger partial charge in [-0.05, 0) is 23.1 Å². The van der Waals surface area contributed by atoms with Crippen LogP contribution in [0.3, 0.4) is 0 Å². The smallest absolute Gasteiger partial charge is 0.262 e. The largest absolute Gasteiger partial charge is 0.477 e. The van der Waals surface area contributed by atoms with Crippen molar-refractivity contribution in [3.8, 4) is 17.1 Å². The standard InChI is InChI=1S/C27H20F5NO4/c1-27(2,3)14-6-4-13(5-7-14)18-11-17(34)16-9-8-15(10-19(16)37-18)33-20(35)12-36-26-24(31)22(29)21(28)23(30)25(26)32/h4-11H,12H2,1-3H3,(H,33,35). The van der Waals surface area contributed by atoms with Crippen LogP contribution in [0.15, 0.2) is 57.7 Å². The molecule has 0 bridgehead atoms. The lowest BCUT2D eigenvalue weighted by atomic mass is 9.86. The molecule has 0 spiro atoms. The summed E-state index contributed by atoms with van der Waals surface area (Å²) in [6, 6.07) is 13.0. The van der Waals surface area contributed by atoms with Gasteiger partial charge in [-0.2, -0.15) is 8.78 Å². The third-order valence-corrected chi connectivity index (χ3v) is 5.57. The molecule has 1 amide bonds. The van der Waals surface area contributed by atoms with Gasteiger partial charge in [-0.3, -0.25) is 9.59 Å². The zero-order chi connectivity index (χ0) is 27.1. The van der Waals surface area contributed by atoms with Crippen LogP contribution in [0.5, 0.6) is 5.75 Å². The van der Waals surface area contributed by atoms with Crippen LogP contribution >= 0.6 is 0 Å². The lowest BCUT2D eigenvalue weighted by molar-refractivity contribution is -0.118. The van der Waals surface area contributed by atoms with Crippen molar-refractivity contribution in [2.75, 3.05) is 11.9 Å². The highest BCUT2D eigenvalue weighted by molar-refractivity contribution is 5.94. The molecule has 0 saturated carbocycles. The van der Waals surface area contributed by atoms with Crippen molar-refractivity contribution < 1.29 is 35.9 Å². The van der Waals surface area contributed by atoms with Crippen molar-refractivity contribution in [3.05, 3.63) is 93.4 Å². The fraction of sp³-hybridized carbons (Fsp3) is 0.185. The molecule has 4 aromatic rings. The van der Waals surface area contributed by atoms with Crippen molar-refractivity contribution in [1.82, 2.24) is 0 Å². The van der Waals surface area contributed by atoms with Crippen molar-refractivity contribution >= 4 is 22.6 Å². The number of halogens is 5. The Balaban J connectivity index is 1.55. The molecule has 0 radical (unpaired) electrons. The Morgan fingerprint density at radius 2 is 1.46 bits per heavy atom. The average molecular weight is 517 g/mol. The number of rotatable bonds is 5. The number of amides is 1. The number of fused-ring (bicyclic) bond motifs is 1. The van der Waals surface area contributed by atoms with E-state index in [0.717, 1.165) is 5.56 Å².